The highest BCUT2D eigenvalue weighted by atomic mass is 127. The van der Waals surface area contributed by atoms with Gasteiger partial charge in [0.25, 0.3) is 0 Å². The van der Waals surface area contributed by atoms with Gasteiger partial charge in [-0.3, -0.25) is 0 Å². The van der Waals surface area contributed by atoms with E-state index in [0.29, 0.717) is 31.2 Å². The van der Waals surface area contributed by atoms with Crippen LogP contribution in [-0.4, -0.2) is 51.6 Å². The van der Waals surface area contributed by atoms with Crippen molar-refractivity contribution in [2.24, 2.45) is 4.99 Å². The molecular weight excluding hydrogens is 482 g/mol. The van der Waals surface area contributed by atoms with Gasteiger partial charge in [-0.15, -0.1) is 24.0 Å². The fraction of sp³-hybridized carbons (Fsp3) is 0.611. The molecule has 1 atom stereocenters. The number of nitrogens with one attached hydrogen (secondary N) is 2. The molecule has 1 saturated heterocycles. The third-order valence-electron chi connectivity index (χ3n) is 4.45. The maximum absolute atomic E-state index is 14.4. The molecule has 154 valence electrons. The second-order valence-corrected chi connectivity index (χ2v) is 8.63. The largest absolute Gasteiger partial charge is 0.370 e. The minimum atomic E-state index is -2.95. The van der Waals surface area contributed by atoms with Crippen molar-refractivity contribution in [3.05, 3.63) is 29.6 Å². The second kappa shape index (κ2) is 11.0. The third-order valence-corrected chi connectivity index (χ3v) is 6.22. The first-order valence-corrected chi connectivity index (χ1v) is 11.0. The Morgan fingerprint density at radius 2 is 2.00 bits per heavy atom. The average Bonchev–Trinajstić information content (AvgIpc) is 2.94. The van der Waals surface area contributed by atoms with E-state index in [9.17, 15) is 12.8 Å². The number of guanidine groups is 1. The predicted octanol–water partition coefficient (Wildman–Crippen LogP) is 2.53. The Morgan fingerprint density at radius 3 is 2.52 bits per heavy atom. The molecule has 1 aromatic rings. The van der Waals surface area contributed by atoms with Gasteiger partial charge in [-0.05, 0) is 44.9 Å². The van der Waals surface area contributed by atoms with E-state index in [4.69, 9.17) is 0 Å². The van der Waals surface area contributed by atoms with Crippen molar-refractivity contribution >= 4 is 45.5 Å². The lowest BCUT2D eigenvalue weighted by atomic mass is 10.2. The molecular formula is C18H30FIN4O2S. The quantitative estimate of drug-likeness (QED) is 0.334. The van der Waals surface area contributed by atoms with Gasteiger partial charge >= 0.3 is 0 Å². The Balaban J connectivity index is 0.00000364. The SMILES string of the molecule is CCNC(=NCc1ccc(N(CC)CC)c(F)c1)NC1CCS(=O)(=O)C1.I. The highest BCUT2D eigenvalue weighted by Gasteiger charge is 2.28. The standard InChI is InChI=1S/C18H29FN4O2S.HI/c1-4-20-18(22-15-9-10-26(24,25)13-15)21-12-14-7-8-17(16(19)11-14)23(5-2)6-3;/h7-8,11,15H,4-6,9-10,12-13H2,1-3H3,(H2,20,21,22);1H. The van der Waals surface area contributed by atoms with Gasteiger partial charge in [-0.25, -0.2) is 17.8 Å². The van der Waals surface area contributed by atoms with Gasteiger partial charge in [0.1, 0.15) is 5.82 Å². The molecule has 0 aliphatic carbocycles. The van der Waals surface area contributed by atoms with Crippen molar-refractivity contribution in [1.29, 1.82) is 0 Å². The van der Waals surface area contributed by atoms with E-state index in [-0.39, 0.29) is 47.3 Å². The maximum Gasteiger partial charge on any atom is 0.191 e. The second-order valence-electron chi connectivity index (χ2n) is 6.40. The number of nitrogens with zero attached hydrogens (tertiary/aromatic N) is 2. The molecule has 2 N–H and O–H groups in total. The van der Waals surface area contributed by atoms with Crippen LogP contribution >= 0.6 is 24.0 Å². The molecule has 27 heavy (non-hydrogen) atoms. The van der Waals surface area contributed by atoms with E-state index in [1.807, 2.05) is 31.7 Å². The zero-order valence-corrected chi connectivity index (χ0v) is 19.3. The molecule has 1 fully saturated rings. The fourth-order valence-corrected chi connectivity index (χ4v) is 4.74. The number of sulfone groups is 1. The zero-order valence-electron chi connectivity index (χ0n) is 16.2. The molecule has 1 aliphatic heterocycles. The summed E-state index contributed by atoms with van der Waals surface area (Å²) in [7, 11) is -2.95. The van der Waals surface area contributed by atoms with Crippen LogP contribution in [0.4, 0.5) is 10.1 Å². The number of hydrogen-bond acceptors (Lipinski definition) is 4. The summed E-state index contributed by atoms with van der Waals surface area (Å²) in [5.41, 5.74) is 1.37. The van der Waals surface area contributed by atoms with E-state index in [1.165, 1.54) is 6.07 Å². The molecule has 1 unspecified atom stereocenters. The normalized spacial score (nSPS) is 18.7. The first-order chi connectivity index (χ1) is 12.4. The van der Waals surface area contributed by atoms with E-state index in [2.05, 4.69) is 15.6 Å². The van der Waals surface area contributed by atoms with Crippen LogP contribution in [0.2, 0.25) is 0 Å². The molecule has 0 bridgehead atoms. The summed E-state index contributed by atoms with van der Waals surface area (Å²) >= 11 is 0. The van der Waals surface area contributed by atoms with Crippen LogP contribution in [-0.2, 0) is 16.4 Å². The molecule has 0 spiro atoms. The fourth-order valence-electron chi connectivity index (χ4n) is 3.06. The van der Waals surface area contributed by atoms with Gasteiger partial charge in [0.05, 0.1) is 23.7 Å². The van der Waals surface area contributed by atoms with Gasteiger partial charge in [0, 0.05) is 25.7 Å². The first kappa shape index (κ1) is 23.9. The summed E-state index contributed by atoms with van der Waals surface area (Å²) in [5, 5.41) is 6.27. The van der Waals surface area contributed by atoms with Crippen molar-refractivity contribution in [3.63, 3.8) is 0 Å². The minimum absolute atomic E-state index is 0. The molecule has 0 saturated carbocycles. The average molecular weight is 512 g/mol. The third kappa shape index (κ3) is 7.10. The molecule has 1 aromatic carbocycles. The summed E-state index contributed by atoms with van der Waals surface area (Å²) in [5.74, 6) is 0.649. The lowest BCUT2D eigenvalue weighted by Crippen LogP contribution is -2.44. The number of anilines is 1. The van der Waals surface area contributed by atoms with E-state index < -0.39 is 9.84 Å². The minimum Gasteiger partial charge on any atom is -0.370 e. The van der Waals surface area contributed by atoms with Crippen LogP contribution < -0.4 is 15.5 Å². The van der Waals surface area contributed by atoms with E-state index in [1.54, 1.807) is 6.07 Å². The van der Waals surface area contributed by atoms with Crippen molar-refractivity contribution in [2.45, 2.75) is 39.8 Å². The lowest BCUT2D eigenvalue weighted by molar-refractivity contribution is 0.599. The summed E-state index contributed by atoms with van der Waals surface area (Å²) in [6, 6.07) is 5.06. The first-order valence-electron chi connectivity index (χ1n) is 9.17. The number of hydrogen-bond donors (Lipinski definition) is 2. The topological polar surface area (TPSA) is 73.8 Å². The molecule has 0 radical (unpaired) electrons. The van der Waals surface area contributed by atoms with E-state index in [0.717, 1.165) is 18.7 Å². The Morgan fingerprint density at radius 1 is 1.30 bits per heavy atom. The van der Waals surface area contributed by atoms with Crippen molar-refractivity contribution in [2.75, 3.05) is 36.0 Å². The van der Waals surface area contributed by atoms with Crippen molar-refractivity contribution < 1.29 is 12.8 Å². The summed E-state index contributed by atoms with van der Waals surface area (Å²) in [6.45, 7) is 8.44. The van der Waals surface area contributed by atoms with Gasteiger partial charge in [-0.2, -0.15) is 0 Å². The van der Waals surface area contributed by atoms with Gasteiger partial charge < -0.3 is 15.5 Å². The summed E-state index contributed by atoms with van der Waals surface area (Å²) < 4.78 is 37.5. The van der Waals surface area contributed by atoms with Crippen LogP contribution in [0.5, 0.6) is 0 Å². The predicted molar refractivity (Wildman–Crippen MR) is 120 cm³/mol. The Kier molecular flexibility index (Phi) is 9.78. The Labute approximate surface area is 178 Å². The van der Waals surface area contributed by atoms with Crippen molar-refractivity contribution in [1.82, 2.24) is 10.6 Å². The number of halogens is 2. The molecule has 9 heteroatoms. The summed E-state index contributed by atoms with van der Waals surface area (Å²) in [6.07, 6.45) is 0.583. The van der Waals surface area contributed by atoms with Crippen LogP contribution in [0.1, 0.15) is 32.8 Å². The molecule has 1 aliphatic rings. The van der Waals surface area contributed by atoms with Crippen molar-refractivity contribution in [3.8, 4) is 0 Å². The van der Waals surface area contributed by atoms with Gasteiger partial charge in [-0.1, -0.05) is 6.07 Å². The molecule has 0 amide bonds. The smallest absolute Gasteiger partial charge is 0.191 e. The molecule has 0 aromatic heterocycles. The highest BCUT2D eigenvalue weighted by Crippen LogP contribution is 2.20. The Bertz CT molecular complexity index is 739. The van der Waals surface area contributed by atoms with Crippen LogP contribution in [0.25, 0.3) is 0 Å². The molecule has 6 nitrogen and oxygen atoms in total. The van der Waals surface area contributed by atoms with Crippen LogP contribution in [0.15, 0.2) is 23.2 Å². The molecule has 1 heterocycles. The van der Waals surface area contributed by atoms with Gasteiger partial charge in [0.2, 0.25) is 0 Å². The molecule has 2 rings (SSSR count). The highest BCUT2D eigenvalue weighted by molar-refractivity contribution is 14.0. The lowest BCUT2D eigenvalue weighted by Gasteiger charge is -2.21. The van der Waals surface area contributed by atoms with Crippen LogP contribution in [0.3, 0.4) is 0 Å². The Hall–Kier alpha value is -1.10. The van der Waals surface area contributed by atoms with E-state index >= 15 is 0 Å². The maximum atomic E-state index is 14.4. The number of aliphatic imine (C=N–C) groups is 1. The number of rotatable bonds is 7. The zero-order chi connectivity index (χ0) is 19.2. The van der Waals surface area contributed by atoms with Crippen LogP contribution in [0, 0.1) is 5.82 Å². The number of benzene rings is 1. The summed E-state index contributed by atoms with van der Waals surface area (Å²) in [4.78, 5) is 6.44. The monoisotopic (exact) mass is 512 g/mol. The van der Waals surface area contributed by atoms with Gasteiger partial charge in [0.15, 0.2) is 15.8 Å².